The quantitative estimate of drug-likeness (QED) is 0.701. The third-order valence-corrected chi connectivity index (χ3v) is 3.57. The molecule has 0 bridgehead atoms. The van der Waals surface area contributed by atoms with Gasteiger partial charge < -0.3 is 10.5 Å². The molecule has 0 saturated carbocycles. The molecule has 2 heteroatoms. The normalized spacial score (nSPS) is 33.1. The number of rotatable bonds is 3. The second kappa shape index (κ2) is 4.45. The molecule has 2 nitrogen and oxygen atoms in total. The van der Waals surface area contributed by atoms with Crippen LogP contribution in [0.15, 0.2) is 11.6 Å². The Morgan fingerprint density at radius 1 is 1.43 bits per heavy atom. The summed E-state index contributed by atoms with van der Waals surface area (Å²) >= 11 is 0. The molecule has 0 aromatic carbocycles. The predicted octanol–water partition coefficient (Wildman–Crippen LogP) is 2.24. The molecule has 0 radical (unpaired) electrons. The smallest absolute Gasteiger partial charge is 0.0537 e. The first-order valence-corrected chi connectivity index (χ1v) is 5.80. The summed E-state index contributed by atoms with van der Waals surface area (Å²) in [5.74, 6) is 0. The van der Waals surface area contributed by atoms with Crippen molar-refractivity contribution in [1.29, 1.82) is 0 Å². The Morgan fingerprint density at radius 2 is 2.36 bits per heavy atom. The Kier molecular flexibility index (Phi) is 3.24. The zero-order chi connectivity index (χ0) is 9.86. The zero-order valence-corrected chi connectivity index (χ0v) is 8.93. The average molecular weight is 195 g/mol. The van der Waals surface area contributed by atoms with Crippen LogP contribution in [0.25, 0.3) is 0 Å². The minimum atomic E-state index is 0.272. The molecule has 1 aliphatic carbocycles. The van der Waals surface area contributed by atoms with Crippen molar-refractivity contribution in [3.05, 3.63) is 11.6 Å². The molecule has 2 N–H and O–H groups in total. The summed E-state index contributed by atoms with van der Waals surface area (Å²) in [6, 6.07) is 0. The van der Waals surface area contributed by atoms with Gasteiger partial charge in [-0.25, -0.2) is 0 Å². The molecular formula is C12H21NO. The van der Waals surface area contributed by atoms with Gasteiger partial charge in [-0.05, 0) is 38.5 Å². The van der Waals surface area contributed by atoms with E-state index in [0.29, 0.717) is 0 Å². The first-order valence-electron chi connectivity index (χ1n) is 5.80. The van der Waals surface area contributed by atoms with Crippen LogP contribution in [0.1, 0.15) is 38.5 Å². The lowest BCUT2D eigenvalue weighted by Crippen LogP contribution is -2.39. The van der Waals surface area contributed by atoms with Crippen molar-refractivity contribution in [2.75, 3.05) is 19.8 Å². The predicted molar refractivity (Wildman–Crippen MR) is 58.1 cm³/mol. The van der Waals surface area contributed by atoms with Gasteiger partial charge in [-0.15, -0.1) is 0 Å². The molecule has 1 fully saturated rings. The Morgan fingerprint density at radius 3 is 2.93 bits per heavy atom. The summed E-state index contributed by atoms with van der Waals surface area (Å²) in [4.78, 5) is 0. The van der Waals surface area contributed by atoms with Gasteiger partial charge in [-0.1, -0.05) is 11.6 Å². The maximum atomic E-state index is 5.91. The largest absolute Gasteiger partial charge is 0.381 e. The van der Waals surface area contributed by atoms with Gasteiger partial charge >= 0.3 is 0 Å². The first-order chi connectivity index (χ1) is 6.85. The van der Waals surface area contributed by atoms with E-state index in [1.54, 1.807) is 5.57 Å². The standard InChI is InChI=1S/C12H21NO/c13-9-12(6-3-7-14-10-12)8-11-4-1-2-5-11/h4H,1-3,5-10,13H2. The lowest BCUT2D eigenvalue weighted by molar-refractivity contribution is -0.00284. The average Bonchev–Trinajstić information content (AvgIpc) is 2.72. The van der Waals surface area contributed by atoms with Crippen molar-refractivity contribution < 1.29 is 4.74 Å². The topological polar surface area (TPSA) is 35.2 Å². The summed E-state index contributed by atoms with van der Waals surface area (Å²) < 4.78 is 5.58. The summed E-state index contributed by atoms with van der Waals surface area (Å²) in [5, 5.41) is 0. The molecule has 0 aromatic rings. The van der Waals surface area contributed by atoms with E-state index in [4.69, 9.17) is 10.5 Å². The number of allylic oxidation sites excluding steroid dienone is 2. The van der Waals surface area contributed by atoms with Gasteiger partial charge in [-0.3, -0.25) is 0 Å². The third-order valence-electron chi connectivity index (χ3n) is 3.57. The Bertz CT molecular complexity index is 216. The number of hydrogen-bond donors (Lipinski definition) is 1. The molecular weight excluding hydrogens is 174 g/mol. The van der Waals surface area contributed by atoms with Crippen LogP contribution in [0.5, 0.6) is 0 Å². The van der Waals surface area contributed by atoms with Crippen molar-refractivity contribution in [3.8, 4) is 0 Å². The minimum Gasteiger partial charge on any atom is -0.381 e. The van der Waals surface area contributed by atoms with Crippen LogP contribution in [0.2, 0.25) is 0 Å². The fourth-order valence-electron chi connectivity index (χ4n) is 2.66. The summed E-state index contributed by atoms with van der Waals surface area (Å²) in [6.45, 7) is 2.59. The highest BCUT2D eigenvalue weighted by molar-refractivity contribution is 5.11. The van der Waals surface area contributed by atoms with Gasteiger partial charge in [0.2, 0.25) is 0 Å². The molecule has 2 aliphatic rings. The molecule has 1 atom stereocenters. The van der Waals surface area contributed by atoms with Gasteiger partial charge in [0.1, 0.15) is 0 Å². The van der Waals surface area contributed by atoms with Crippen molar-refractivity contribution >= 4 is 0 Å². The Hall–Kier alpha value is -0.340. The highest BCUT2D eigenvalue weighted by Crippen LogP contribution is 2.37. The van der Waals surface area contributed by atoms with E-state index in [1.165, 1.54) is 38.5 Å². The molecule has 1 unspecified atom stereocenters. The second-order valence-electron chi connectivity index (χ2n) is 4.79. The van der Waals surface area contributed by atoms with Crippen molar-refractivity contribution in [1.82, 2.24) is 0 Å². The Balaban J connectivity index is 1.96. The fraction of sp³-hybridized carbons (Fsp3) is 0.833. The van der Waals surface area contributed by atoms with Crippen LogP contribution >= 0.6 is 0 Å². The van der Waals surface area contributed by atoms with Crippen LogP contribution < -0.4 is 5.73 Å². The van der Waals surface area contributed by atoms with Gasteiger partial charge in [0.05, 0.1) is 6.61 Å². The lowest BCUT2D eigenvalue weighted by atomic mass is 9.77. The van der Waals surface area contributed by atoms with Crippen LogP contribution in [0, 0.1) is 5.41 Å². The van der Waals surface area contributed by atoms with Gasteiger partial charge in [0, 0.05) is 18.6 Å². The molecule has 2 rings (SSSR count). The maximum Gasteiger partial charge on any atom is 0.0537 e. The third kappa shape index (κ3) is 2.18. The SMILES string of the molecule is NCC1(CC2=CCCC2)CCCOC1. The van der Waals surface area contributed by atoms with E-state index in [2.05, 4.69) is 6.08 Å². The minimum absolute atomic E-state index is 0.272. The van der Waals surface area contributed by atoms with E-state index in [9.17, 15) is 0 Å². The molecule has 0 aromatic heterocycles. The number of hydrogen-bond acceptors (Lipinski definition) is 2. The molecule has 1 aliphatic heterocycles. The highest BCUT2D eigenvalue weighted by atomic mass is 16.5. The van der Waals surface area contributed by atoms with E-state index in [-0.39, 0.29) is 5.41 Å². The van der Waals surface area contributed by atoms with E-state index < -0.39 is 0 Å². The monoisotopic (exact) mass is 195 g/mol. The molecule has 0 spiro atoms. The number of ether oxygens (including phenoxy) is 1. The van der Waals surface area contributed by atoms with Crippen molar-refractivity contribution in [2.24, 2.45) is 11.1 Å². The zero-order valence-electron chi connectivity index (χ0n) is 8.93. The number of nitrogens with two attached hydrogens (primary N) is 1. The van der Waals surface area contributed by atoms with Gasteiger partial charge in [0.15, 0.2) is 0 Å². The molecule has 14 heavy (non-hydrogen) atoms. The maximum absolute atomic E-state index is 5.91. The van der Waals surface area contributed by atoms with Crippen LogP contribution in [0.3, 0.4) is 0 Å². The van der Waals surface area contributed by atoms with Crippen LogP contribution in [0.4, 0.5) is 0 Å². The highest BCUT2D eigenvalue weighted by Gasteiger charge is 2.32. The van der Waals surface area contributed by atoms with Crippen LogP contribution in [-0.2, 0) is 4.74 Å². The summed E-state index contributed by atoms with van der Waals surface area (Å²) in [5.41, 5.74) is 7.81. The van der Waals surface area contributed by atoms with Crippen molar-refractivity contribution in [3.63, 3.8) is 0 Å². The first kappa shape index (κ1) is 10.2. The van der Waals surface area contributed by atoms with Gasteiger partial charge in [-0.2, -0.15) is 0 Å². The van der Waals surface area contributed by atoms with Gasteiger partial charge in [0.25, 0.3) is 0 Å². The van der Waals surface area contributed by atoms with Crippen LogP contribution in [-0.4, -0.2) is 19.8 Å². The van der Waals surface area contributed by atoms with Crippen molar-refractivity contribution in [2.45, 2.75) is 38.5 Å². The summed E-state index contributed by atoms with van der Waals surface area (Å²) in [7, 11) is 0. The van der Waals surface area contributed by atoms with E-state index in [0.717, 1.165) is 19.8 Å². The lowest BCUT2D eigenvalue weighted by Gasteiger charge is -2.36. The van der Waals surface area contributed by atoms with E-state index >= 15 is 0 Å². The molecule has 0 amide bonds. The summed E-state index contributed by atoms with van der Waals surface area (Å²) in [6.07, 6.45) is 9.94. The molecule has 1 saturated heterocycles. The second-order valence-corrected chi connectivity index (χ2v) is 4.79. The fourth-order valence-corrected chi connectivity index (χ4v) is 2.66. The molecule has 80 valence electrons. The molecule has 1 heterocycles. The van der Waals surface area contributed by atoms with E-state index in [1.807, 2.05) is 0 Å². The Labute approximate surface area is 86.5 Å².